The second-order valence-corrected chi connectivity index (χ2v) is 13.3. The summed E-state index contributed by atoms with van der Waals surface area (Å²) in [6.07, 6.45) is 22.3. The first-order valence-corrected chi connectivity index (χ1v) is 16.1. The molecule has 0 spiro atoms. The molecule has 1 aromatic heterocycles. The first kappa shape index (κ1) is 38.6. The van der Waals surface area contributed by atoms with Crippen molar-refractivity contribution in [2.75, 3.05) is 0 Å². The number of aromatic nitrogens is 1. The van der Waals surface area contributed by atoms with Crippen LogP contribution < -0.4 is 4.57 Å². The molecule has 0 unspecified atom stereocenters. The zero-order valence-electron chi connectivity index (χ0n) is 20.4. The fourth-order valence-corrected chi connectivity index (χ4v) is 6.68. The molecular weight excluding hydrogens is 506 g/mol. The van der Waals surface area contributed by atoms with Crippen LogP contribution >= 0.6 is 15.2 Å². The molecule has 0 aliphatic heterocycles. The predicted octanol–water partition coefficient (Wildman–Crippen LogP) is 4.77. The van der Waals surface area contributed by atoms with Crippen LogP contribution in [0.15, 0.2) is 24.5 Å². The zero-order chi connectivity index (χ0) is 24.6. The van der Waals surface area contributed by atoms with Gasteiger partial charge in [0.2, 0.25) is 0 Å². The molecule has 11 heteroatoms. The van der Waals surface area contributed by atoms with Crippen molar-refractivity contribution in [1.82, 2.24) is 0 Å². The van der Waals surface area contributed by atoms with Crippen LogP contribution in [0.1, 0.15) is 109 Å². The van der Waals surface area contributed by atoms with Crippen molar-refractivity contribution in [2.24, 2.45) is 0 Å². The van der Waals surface area contributed by atoms with Gasteiger partial charge in [-0.15, -0.1) is 0 Å². The van der Waals surface area contributed by atoms with E-state index >= 15 is 0 Å². The number of hydrogen-bond donors (Lipinski definition) is 4. The minimum absolute atomic E-state index is 0. The number of unbranched alkanes of at least 4 members (excludes halogenated alkanes) is 13. The summed E-state index contributed by atoms with van der Waals surface area (Å²) in [5.74, 6) is 0. The Balaban J connectivity index is 0. The fraction of sp³-hybridized carbons (Fsp3) is 0.792. The molecule has 1 aromatic rings. The van der Waals surface area contributed by atoms with E-state index in [9.17, 15) is 28.7 Å². The molecule has 7 nitrogen and oxygen atoms in total. The summed E-state index contributed by atoms with van der Waals surface area (Å²) in [7, 11) is -9.72. The number of rotatable bonds is 20. The molecule has 0 amide bonds. The van der Waals surface area contributed by atoms with Gasteiger partial charge in [-0.2, -0.15) is 0 Å². The van der Waals surface area contributed by atoms with E-state index in [0.717, 1.165) is 18.5 Å². The van der Waals surface area contributed by atoms with E-state index in [1.54, 1.807) is 0 Å². The molecule has 0 bridgehead atoms. The van der Waals surface area contributed by atoms with E-state index in [1.165, 1.54) is 83.5 Å². The molecule has 0 aromatic carbocycles. The van der Waals surface area contributed by atoms with Crippen molar-refractivity contribution >= 4 is 74.3 Å². The molecule has 0 radical (unpaired) electrons. The Hall–Kier alpha value is 1.45. The van der Waals surface area contributed by atoms with Gasteiger partial charge in [0.05, 0.1) is 0 Å². The maximum atomic E-state index is 11.4. The van der Waals surface area contributed by atoms with Crippen LogP contribution in [0.5, 0.6) is 0 Å². The van der Waals surface area contributed by atoms with Gasteiger partial charge in [0.25, 0.3) is 0 Å². The predicted molar refractivity (Wildman–Crippen MR) is 147 cm³/mol. The molecule has 0 saturated heterocycles. The van der Waals surface area contributed by atoms with Gasteiger partial charge >= 0.3 is 74.3 Å². The summed E-state index contributed by atoms with van der Waals surface area (Å²) in [4.78, 5) is 37.0. The summed E-state index contributed by atoms with van der Waals surface area (Å²) >= 11 is 0. The number of nitrogens with zero attached hydrogens (tertiary/aromatic N) is 1. The van der Waals surface area contributed by atoms with Crippen LogP contribution in [0.25, 0.3) is 0 Å². The second kappa shape index (κ2) is 22.3. The minimum atomic E-state index is -4.86. The Morgan fingerprint density at radius 1 is 0.743 bits per heavy atom. The van der Waals surface area contributed by atoms with E-state index in [0.29, 0.717) is 0 Å². The standard InChI is InChI=1S/C24H45NO6P2.2Na.2H/c1-2-3-4-5-6-7-8-9-10-11-12-13-14-15-20-25-21-16-17-23(22-25)18-19-24(32(26,27)28)33(29,30)31;;;;/h16-17,21-22,24H,2-15,18-20H2,1H3,(H3-,26,27,28,29,30,31);;;;/p+1. The molecule has 4 N–H and O–H groups in total. The summed E-state index contributed by atoms with van der Waals surface area (Å²) < 4.78 is 24.9. The van der Waals surface area contributed by atoms with E-state index in [4.69, 9.17) is 0 Å². The van der Waals surface area contributed by atoms with Crippen LogP contribution in [-0.4, -0.2) is 84.1 Å². The van der Waals surface area contributed by atoms with Gasteiger partial charge in [-0.1, -0.05) is 84.0 Å². The molecular formula is C24H48NNa2O6P2+. The zero-order valence-corrected chi connectivity index (χ0v) is 22.1. The molecule has 0 saturated carbocycles. The monoisotopic (exact) mass is 554 g/mol. The van der Waals surface area contributed by atoms with Crippen molar-refractivity contribution in [2.45, 2.75) is 122 Å². The molecule has 1 rings (SSSR count). The van der Waals surface area contributed by atoms with Gasteiger partial charge in [0.1, 0.15) is 6.54 Å². The van der Waals surface area contributed by atoms with Crippen molar-refractivity contribution in [1.29, 1.82) is 0 Å². The Labute approximate surface area is 257 Å². The topological polar surface area (TPSA) is 119 Å². The van der Waals surface area contributed by atoms with E-state index in [-0.39, 0.29) is 72.0 Å². The number of pyridine rings is 1. The molecule has 0 aliphatic rings. The number of hydrogen-bond acceptors (Lipinski definition) is 2. The van der Waals surface area contributed by atoms with Gasteiger partial charge in [0, 0.05) is 18.1 Å². The first-order valence-electron chi connectivity index (χ1n) is 12.7. The summed E-state index contributed by atoms with van der Waals surface area (Å²) in [5, 5.41) is -1.94. The summed E-state index contributed by atoms with van der Waals surface area (Å²) in [6.45, 7) is 3.12. The Kier molecular flexibility index (Phi) is 24.6. The van der Waals surface area contributed by atoms with Gasteiger partial charge in [-0.05, 0) is 25.3 Å². The quantitative estimate of drug-likeness (QED) is 0.0798. The molecule has 196 valence electrons. The van der Waals surface area contributed by atoms with Crippen LogP contribution in [-0.2, 0) is 22.1 Å². The third kappa shape index (κ3) is 20.1. The third-order valence-electron chi connectivity index (χ3n) is 6.16. The Morgan fingerprint density at radius 2 is 1.17 bits per heavy atom. The van der Waals surface area contributed by atoms with Gasteiger partial charge in [-0.3, -0.25) is 9.13 Å². The Morgan fingerprint density at radius 3 is 1.60 bits per heavy atom. The maximum absolute atomic E-state index is 11.4. The Bertz CT molecular complexity index is 722. The second-order valence-electron chi connectivity index (χ2n) is 9.24. The third-order valence-corrected chi connectivity index (χ3v) is 10.0. The van der Waals surface area contributed by atoms with Crippen molar-refractivity contribution in [3.05, 3.63) is 30.1 Å². The SMILES string of the molecule is CCCCCCCCCCCCCCCC[n+]1cccc(CCC(P(=O)(O)O)P(=O)(O)O)c1.[NaH].[NaH]. The molecule has 35 heavy (non-hydrogen) atoms. The average Bonchev–Trinajstić information content (AvgIpc) is 2.72. The molecule has 0 atom stereocenters. The van der Waals surface area contributed by atoms with Crippen molar-refractivity contribution < 1.29 is 33.3 Å². The van der Waals surface area contributed by atoms with Gasteiger partial charge < -0.3 is 19.6 Å². The van der Waals surface area contributed by atoms with E-state index in [1.807, 2.05) is 29.1 Å². The van der Waals surface area contributed by atoms with Crippen LogP contribution in [0.2, 0.25) is 0 Å². The van der Waals surface area contributed by atoms with Gasteiger partial charge in [0.15, 0.2) is 17.8 Å². The van der Waals surface area contributed by atoms with Crippen LogP contribution in [0.4, 0.5) is 0 Å². The molecule has 0 fully saturated rings. The van der Waals surface area contributed by atoms with Crippen molar-refractivity contribution in [3.63, 3.8) is 0 Å². The molecule has 0 aliphatic carbocycles. The van der Waals surface area contributed by atoms with Crippen LogP contribution in [0.3, 0.4) is 0 Å². The summed E-state index contributed by atoms with van der Waals surface area (Å²) in [5.41, 5.74) is 0.815. The first-order chi connectivity index (χ1) is 15.6. The van der Waals surface area contributed by atoms with Crippen molar-refractivity contribution in [3.8, 4) is 0 Å². The van der Waals surface area contributed by atoms with E-state index in [2.05, 4.69) is 6.92 Å². The normalized spacial score (nSPS) is 11.8. The fourth-order valence-electron chi connectivity index (χ4n) is 4.18. The van der Waals surface area contributed by atoms with Crippen LogP contribution in [0, 0.1) is 0 Å². The summed E-state index contributed by atoms with van der Waals surface area (Å²) in [6, 6.07) is 3.68. The average molecular weight is 555 g/mol. The van der Waals surface area contributed by atoms with E-state index < -0.39 is 20.6 Å². The molecule has 1 heterocycles. The number of aryl methyl sites for hydroxylation is 2. The van der Waals surface area contributed by atoms with Gasteiger partial charge in [-0.25, -0.2) is 4.57 Å².